The molecule has 21 heavy (non-hydrogen) atoms. The quantitative estimate of drug-likeness (QED) is 0.717. The minimum absolute atomic E-state index is 0.671. The molecule has 0 aliphatic heterocycles. The Labute approximate surface area is 130 Å². The summed E-state index contributed by atoms with van der Waals surface area (Å²) in [5.41, 5.74) is 2.28. The minimum atomic E-state index is 0.671. The van der Waals surface area contributed by atoms with Gasteiger partial charge in [-0.15, -0.1) is 0 Å². The molecule has 0 spiro atoms. The Kier molecular flexibility index (Phi) is 7.73. The van der Waals surface area contributed by atoms with Gasteiger partial charge in [0.15, 0.2) is 0 Å². The number of nitrogens with one attached hydrogen (secondary N) is 2. The molecule has 1 aromatic rings. The van der Waals surface area contributed by atoms with E-state index in [-0.39, 0.29) is 0 Å². The lowest BCUT2D eigenvalue weighted by Crippen LogP contribution is -2.24. The van der Waals surface area contributed by atoms with Crippen LogP contribution in [0.4, 0.5) is 5.69 Å². The number of rotatable bonds is 9. The molecule has 0 radical (unpaired) electrons. The first-order chi connectivity index (χ1) is 9.90. The van der Waals surface area contributed by atoms with Gasteiger partial charge in [0, 0.05) is 25.0 Å². The van der Waals surface area contributed by atoms with E-state index in [4.69, 9.17) is 0 Å². The molecular formula is C18H33N3. The molecule has 0 fully saturated rings. The predicted octanol–water partition coefficient (Wildman–Crippen LogP) is 4.17. The van der Waals surface area contributed by atoms with Gasteiger partial charge < -0.3 is 10.6 Å². The van der Waals surface area contributed by atoms with Crippen molar-refractivity contribution < 1.29 is 0 Å². The second kappa shape index (κ2) is 9.04. The summed E-state index contributed by atoms with van der Waals surface area (Å²) in [7, 11) is 0. The Morgan fingerprint density at radius 2 is 1.67 bits per heavy atom. The third-order valence-electron chi connectivity index (χ3n) is 3.93. The zero-order valence-corrected chi connectivity index (χ0v) is 14.6. The molecule has 3 heteroatoms. The van der Waals surface area contributed by atoms with Crippen molar-refractivity contribution in [2.75, 3.05) is 18.4 Å². The van der Waals surface area contributed by atoms with Crippen LogP contribution in [-0.2, 0) is 6.54 Å². The average Bonchev–Trinajstić information content (AvgIpc) is 2.38. The van der Waals surface area contributed by atoms with Crippen molar-refractivity contribution in [1.29, 1.82) is 0 Å². The molecule has 0 aliphatic rings. The molecule has 1 rings (SSSR count). The Bertz CT molecular complexity index is 391. The van der Waals surface area contributed by atoms with Crippen molar-refractivity contribution >= 4 is 5.69 Å². The zero-order chi connectivity index (χ0) is 15.8. The summed E-state index contributed by atoms with van der Waals surface area (Å²) in [5.74, 6) is 2.77. The van der Waals surface area contributed by atoms with Gasteiger partial charge >= 0.3 is 0 Å². The van der Waals surface area contributed by atoms with Crippen molar-refractivity contribution in [2.45, 2.75) is 48.1 Å². The summed E-state index contributed by atoms with van der Waals surface area (Å²) >= 11 is 0. The molecule has 0 bridgehead atoms. The van der Waals surface area contributed by atoms with Crippen molar-refractivity contribution in [3.8, 4) is 0 Å². The Morgan fingerprint density at radius 3 is 2.24 bits per heavy atom. The first-order valence-electron chi connectivity index (χ1n) is 8.29. The Morgan fingerprint density at radius 1 is 1.00 bits per heavy atom. The van der Waals surface area contributed by atoms with Gasteiger partial charge in [-0.2, -0.15) is 0 Å². The highest BCUT2D eigenvalue weighted by Crippen LogP contribution is 2.21. The first-order valence-corrected chi connectivity index (χ1v) is 8.29. The van der Waals surface area contributed by atoms with Gasteiger partial charge in [-0.3, -0.25) is 4.98 Å². The lowest BCUT2D eigenvalue weighted by atomic mass is 9.85. The van der Waals surface area contributed by atoms with Gasteiger partial charge in [-0.25, -0.2) is 0 Å². The molecule has 120 valence electrons. The molecule has 0 saturated heterocycles. The molecule has 0 aliphatic carbocycles. The van der Waals surface area contributed by atoms with Crippen LogP contribution < -0.4 is 10.6 Å². The third-order valence-corrected chi connectivity index (χ3v) is 3.93. The maximum atomic E-state index is 4.43. The molecule has 0 amide bonds. The Balaban J connectivity index is 2.52. The van der Waals surface area contributed by atoms with Crippen molar-refractivity contribution in [3.63, 3.8) is 0 Å². The van der Waals surface area contributed by atoms with Crippen LogP contribution in [0.25, 0.3) is 0 Å². The summed E-state index contributed by atoms with van der Waals surface area (Å²) in [6.45, 7) is 16.6. The maximum Gasteiger partial charge on any atom is 0.0562 e. The van der Waals surface area contributed by atoms with E-state index >= 15 is 0 Å². The second-order valence-electron chi connectivity index (χ2n) is 7.09. The molecule has 0 unspecified atom stereocenters. The van der Waals surface area contributed by atoms with E-state index in [2.05, 4.69) is 69.3 Å². The van der Waals surface area contributed by atoms with E-state index in [1.54, 1.807) is 0 Å². The summed E-state index contributed by atoms with van der Waals surface area (Å²) in [4.78, 5) is 4.43. The smallest absolute Gasteiger partial charge is 0.0562 e. The number of pyridine rings is 1. The van der Waals surface area contributed by atoms with Crippen molar-refractivity contribution in [3.05, 3.63) is 24.0 Å². The van der Waals surface area contributed by atoms with Crippen LogP contribution in [0.2, 0.25) is 0 Å². The molecule has 0 atom stereocenters. The van der Waals surface area contributed by atoms with Crippen LogP contribution in [0.15, 0.2) is 18.3 Å². The third kappa shape index (κ3) is 6.94. The van der Waals surface area contributed by atoms with E-state index in [0.29, 0.717) is 23.7 Å². The lowest BCUT2D eigenvalue weighted by Gasteiger charge is -2.25. The van der Waals surface area contributed by atoms with Crippen LogP contribution in [-0.4, -0.2) is 18.1 Å². The van der Waals surface area contributed by atoms with E-state index in [9.17, 15) is 0 Å². The topological polar surface area (TPSA) is 37.0 Å². The van der Waals surface area contributed by atoms with Crippen LogP contribution >= 0.6 is 0 Å². The fourth-order valence-electron chi connectivity index (χ4n) is 2.65. The van der Waals surface area contributed by atoms with Gasteiger partial charge in [0.2, 0.25) is 0 Å². The van der Waals surface area contributed by atoms with Gasteiger partial charge in [-0.1, -0.05) is 41.5 Å². The van der Waals surface area contributed by atoms with Gasteiger partial charge in [0.1, 0.15) is 0 Å². The van der Waals surface area contributed by atoms with Gasteiger partial charge in [0.05, 0.1) is 5.69 Å². The van der Waals surface area contributed by atoms with Crippen molar-refractivity contribution in [2.24, 2.45) is 23.7 Å². The summed E-state index contributed by atoms with van der Waals surface area (Å²) in [6, 6.07) is 4.22. The molecule has 0 saturated carbocycles. The normalized spacial score (nSPS) is 11.9. The molecule has 1 heterocycles. The Hall–Kier alpha value is -1.09. The largest absolute Gasteiger partial charge is 0.385 e. The SMILES string of the molecule is CC(C)CNCc1cc(NCC(C(C)C)C(C)C)ccn1. The van der Waals surface area contributed by atoms with Crippen LogP contribution in [0.5, 0.6) is 0 Å². The van der Waals surface area contributed by atoms with E-state index < -0.39 is 0 Å². The number of hydrogen-bond acceptors (Lipinski definition) is 3. The summed E-state index contributed by atoms with van der Waals surface area (Å²) < 4.78 is 0. The lowest BCUT2D eigenvalue weighted by molar-refractivity contribution is 0.304. The molecule has 2 N–H and O–H groups in total. The first kappa shape index (κ1) is 18.0. The van der Waals surface area contributed by atoms with Crippen molar-refractivity contribution in [1.82, 2.24) is 10.3 Å². The monoisotopic (exact) mass is 291 g/mol. The highest BCUT2D eigenvalue weighted by atomic mass is 14.9. The average molecular weight is 291 g/mol. The molecular weight excluding hydrogens is 258 g/mol. The van der Waals surface area contributed by atoms with E-state index in [1.165, 1.54) is 5.69 Å². The van der Waals surface area contributed by atoms with Crippen LogP contribution in [0.1, 0.15) is 47.2 Å². The summed E-state index contributed by atoms with van der Waals surface area (Å²) in [5, 5.41) is 7.02. The highest BCUT2D eigenvalue weighted by Gasteiger charge is 2.16. The number of anilines is 1. The minimum Gasteiger partial charge on any atom is -0.385 e. The van der Waals surface area contributed by atoms with E-state index in [0.717, 1.165) is 25.3 Å². The summed E-state index contributed by atoms with van der Waals surface area (Å²) in [6.07, 6.45) is 1.90. The second-order valence-corrected chi connectivity index (χ2v) is 7.09. The number of aromatic nitrogens is 1. The molecule has 0 aromatic carbocycles. The molecule has 1 aromatic heterocycles. The predicted molar refractivity (Wildman–Crippen MR) is 92.4 cm³/mol. The van der Waals surface area contributed by atoms with Gasteiger partial charge in [-0.05, 0) is 42.3 Å². The fourth-order valence-corrected chi connectivity index (χ4v) is 2.65. The standard InChI is InChI=1S/C18H33N3/c1-13(2)10-19-11-17-9-16(7-8-20-17)21-12-18(14(3)4)15(5)6/h7-9,13-15,18-19H,10-12H2,1-6H3,(H,20,21). The van der Waals surface area contributed by atoms with Crippen LogP contribution in [0, 0.1) is 23.7 Å². The number of hydrogen-bond donors (Lipinski definition) is 2. The number of nitrogens with zero attached hydrogens (tertiary/aromatic N) is 1. The fraction of sp³-hybridized carbons (Fsp3) is 0.722. The zero-order valence-electron chi connectivity index (χ0n) is 14.6. The molecule has 3 nitrogen and oxygen atoms in total. The van der Waals surface area contributed by atoms with Gasteiger partial charge in [0.25, 0.3) is 0 Å². The van der Waals surface area contributed by atoms with Crippen LogP contribution in [0.3, 0.4) is 0 Å². The van der Waals surface area contributed by atoms with E-state index in [1.807, 2.05) is 6.20 Å². The maximum absolute atomic E-state index is 4.43. The highest BCUT2D eigenvalue weighted by molar-refractivity contribution is 5.43.